The van der Waals surface area contributed by atoms with Gasteiger partial charge in [-0.15, -0.1) is 0 Å². The number of rotatable bonds is 8. The molecule has 0 saturated carbocycles. The number of nitrogens with two attached hydrogens (primary N) is 1. The van der Waals surface area contributed by atoms with Crippen LogP contribution in [0.4, 0.5) is 0 Å². The van der Waals surface area contributed by atoms with Crippen LogP contribution < -0.4 is 11.1 Å². The SMILES string of the molecule is CC(C)C(C(=O)O)=C(Cc1ccc(C(=O)NCC(N)=O)cc1)C(=O)O.[Na].[Na]. The zero-order valence-electron chi connectivity index (χ0n) is 15.9. The summed E-state index contributed by atoms with van der Waals surface area (Å²) in [4.78, 5) is 45.2. The third-order valence-corrected chi connectivity index (χ3v) is 3.41. The van der Waals surface area contributed by atoms with E-state index in [1.54, 1.807) is 13.8 Å². The molecule has 0 aromatic heterocycles. The topological polar surface area (TPSA) is 147 Å². The largest absolute Gasteiger partial charge is 0.478 e. The van der Waals surface area contributed by atoms with Crippen molar-refractivity contribution in [2.75, 3.05) is 6.54 Å². The molecule has 10 heteroatoms. The minimum atomic E-state index is -1.30. The number of aliphatic carboxylic acids is 2. The van der Waals surface area contributed by atoms with Gasteiger partial charge >= 0.3 is 11.9 Å². The van der Waals surface area contributed by atoms with Crippen LogP contribution in [0.1, 0.15) is 29.8 Å². The maximum atomic E-state index is 11.8. The standard InChI is InChI=1S/C17H20N2O6.2Na/c1-9(2)14(17(24)25)12(16(22)23)7-10-3-5-11(6-4-10)15(21)19-8-13(18)20;;/h3-6,9H,7-8H2,1-2H3,(H2,18,20)(H,19,21)(H,22,23)(H,24,25);;. The Hall–Kier alpha value is -1.16. The van der Waals surface area contributed by atoms with E-state index in [2.05, 4.69) is 5.32 Å². The van der Waals surface area contributed by atoms with Crippen molar-refractivity contribution in [3.8, 4) is 0 Å². The minimum Gasteiger partial charge on any atom is -0.478 e. The first-order chi connectivity index (χ1) is 11.6. The number of carboxylic acid groups (broad SMARTS) is 2. The first-order valence-electron chi connectivity index (χ1n) is 7.48. The maximum absolute atomic E-state index is 11.8. The molecule has 136 valence electrons. The number of carbonyl (C=O) groups is 4. The molecule has 1 aromatic carbocycles. The van der Waals surface area contributed by atoms with Crippen LogP contribution in [0.2, 0.25) is 0 Å². The van der Waals surface area contributed by atoms with Crippen LogP contribution in [0.5, 0.6) is 0 Å². The van der Waals surface area contributed by atoms with Gasteiger partial charge in [0, 0.05) is 71.1 Å². The third kappa shape index (κ3) is 9.05. The van der Waals surface area contributed by atoms with Gasteiger partial charge in [-0.3, -0.25) is 9.59 Å². The van der Waals surface area contributed by atoms with E-state index in [1.165, 1.54) is 24.3 Å². The Balaban J connectivity index is 0. The van der Waals surface area contributed by atoms with Gasteiger partial charge in [0.2, 0.25) is 5.91 Å². The number of amides is 2. The van der Waals surface area contributed by atoms with Crippen LogP contribution in [0.3, 0.4) is 0 Å². The Morgan fingerprint density at radius 2 is 1.52 bits per heavy atom. The van der Waals surface area contributed by atoms with Gasteiger partial charge < -0.3 is 21.3 Å². The normalized spacial score (nSPS) is 10.8. The molecular formula is C17H20N2Na2O6. The molecule has 2 amide bonds. The van der Waals surface area contributed by atoms with E-state index >= 15 is 0 Å². The Bertz CT molecular complexity index is 729. The summed E-state index contributed by atoms with van der Waals surface area (Å²) in [5, 5.41) is 20.9. The first-order valence-corrected chi connectivity index (χ1v) is 7.48. The summed E-state index contributed by atoms with van der Waals surface area (Å²) in [5.41, 5.74) is 5.40. The fourth-order valence-electron chi connectivity index (χ4n) is 2.26. The Morgan fingerprint density at radius 3 is 1.89 bits per heavy atom. The number of hydrogen-bond donors (Lipinski definition) is 4. The van der Waals surface area contributed by atoms with Gasteiger partial charge in [0.25, 0.3) is 5.91 Å². The van der Waals surface area contributed by atoms with E-state index in [1.807, 2.05) is 0 Å². The molecule has 8 nitrogen and oxygen atoms in total. The molecule has 0 bridgehead atoms. The average Bonchev–Trinajstić information content (AvgIpc) is 2.51. The fraction of sp³-hybridized carbons (Fsp3) is 0.294. The molecule has 0 spiro atoms. The molecule has 0 heterocycles. The number of carboxylic acids is 2. The van der Waals surface area contributed by atoms with Gasteiger partial charge in [-0.25, -0.2) is 9.59 Å². The maximum Gasteiger partial charge on any atom is 0.332 e. The zero-order valence-corrected chi connectivity index (χ0v) is 19.9. The van der Waals surface area contributed by atoms with Gasteiger partial charge in [-0.1, -0.05) is 26.0 Å². The van der Waals surface area contributed by atoms with Crippen LogP contribution in [0.25, 0.3) is 0 Å². The molecule has 1 aromatic rings. The van der Waals surface area contributed by atoms with Crippen molar-refractivity contribution >= 4 is 82.9 Å². The number of primary amides is 1. The average molecular weight is 394 g/mol. The molecule has 0 aliphatic rings. The zero-order chi connectivity index (χ0) is 19.1. The Morgan fingerprint density at radius 1 is 1.00 bits per heavy atom. The Labute approximate surface area is 201 Å². The van der Waals surface area contributed by atoms with E-state index in [0.29, 0.717) is 5.56 Å². The number of nitrogens with one attached hydrogen (secondary N) is 1. The molecule has 0 unspecified atom stereocenters. The van der Waals surface area contributed by atoms with Crippen molar-refractivity contribution < 1.29 is 29.4 Å². The monoisotopic (exact) mass is 394 g/mol. The van der Waals surface area contributed by atoms with Crippen LogP contribution in [-0.2, 0) is 20.8 Å². The summed E-state index contributed by atoms with van der Waals surface area (Å²) < 4.78 is 0. The van der Waals surface area contributed by atoms with Crippen molar-refractivity contribution in [1.82, 2.24) is 5.32 Å². The van der Waals surface area contributed by atoms with Crippen LogP contribution >= 0.6 is 0 Å². The predicted molar refractivity (Wildman–Crippen MR) is 100 cm³/mol. The molecule has 0 fully saturated rings. The molecule has 0 aliphatic carbocycles. The van der Waals surface area contributed by atoms with Crippen LogP contribution in [0, 0.1) is 5.92 Å². The van der Waals surface area contributed by atoms with E-state index in [-0.39, 0.29) is 88.8 Å². The summed E-state index contributed by atoms with van der Waals surface area (Å²) in [6, 6.07) is 5.98. The van der Waals surface area contributed by atoms with Crippen LogP contribution in [0.15, 0.2) is 35.4 Å². The number of benzene rings is 1. The number of carbonyl (C=O) groups excluding carboxylic acids is 2. The second kappa shape index (κ2) is 13.1. The summed E-state index contributed by atoms with van der Waals surface area (Å²) in [6.07, 6.45) is -0.0850. The van der Waals surface area contributed by atoms with E-state index in [0.717, 1.165) is 0 Å². The molecule has 27 heavy (non-hydrogen) atoms. The van der Waals surface area contributed by atoms with Gasteiger partial charge in [0.05, 0.1) is 17.7 Å². The predicted octanol–water partition coefficient (Wildman–Crippen LogP) is -0.196. The molecule has 0 atom stereocenters. The van der Waals surface area contributed by atoms with Gasteiger partial charge in [0.1, 0.15) is 0 Å². The molecule has 1 rings (SSSR count). The Kier molecular flexibility index (Phi) is 13.6. The molecular weight excluding hydrogens is 374 g/mol. The fourth-order valence-corrected chi connectivity index (χ4v) is 2.26. The van der Waals surface area contributed by atoms with Gasteiger partial charge in [0.15, 0.2) is 0 Å². The third-order valence-electron chi connectivity index (χ3n) is 3.41. The van der Waals surface area contributed by atoms with E-state index in [9.17, 15) is 29.4 Å². The van der Waals surface area contributed by atoms with Crippen LogP contribution in [-0.4, -0.2) is 99.6 Å². The minimum absolute atomic E-state index is 0. The summed E-state index contributed by atoms with van der Waals surface area (Å²) in [6.45, 7) is 2.93. The van der Waals surface area contributed by atoms with Gasteiger partial charge in [-0.2, -0.15) is 0 Å². The van der Waals surface area contributed by atoms with Gasteiger partial charge in [-0.05, 0) is 23.6 Å². The quantitative estimate of drug-likeness (QED) is 0.355. The summed E-state index contributed by atoms with van der Waals surface area (Å²) in [5.74, 6) is -4.18. The van der Waals surface area contributed by atoms with Crippen molar-refractivity contribution in [2.24, 2.45) is 11.7 Å². The van der Waals surface area contributed by atoms with Crippen molar-refractivity contribution in [3.05, 3.63) is 46.5 Å². The van der Waals surface area contributed by atoms with Crippen molar-refractivity contribution in [2.45, 2.75) is 20.3 Å². The number of hydrogen-bond acceptors (Lipinski definition) is 4. The summed E-state index contributed by atoms with van der Waals surface area (Å²) in [7, 11) is 0. The van der Waals surface area contributed by atoms with E-state index < -0.39 is 29.7 Å². The molecule has 5 N–H and O–H groups in total. The second-order valence-electron chi connectivity index (χ2n) is 5.68. The van der Waals surface area contributed by atoms with Crippen molar-refractivity contribution in [1.29, 1.82) is 0 Å². The second-order valence-corrected chi connectivity index (χ2v) is 5.68. The smallest absolute Gasteiger partial charge is 0.332 e. The van der Waals surface area contributed by atoms with E-state index in [4.69, 9.17) is 5.73 Å². The molecule has 0 aliphatic heterocycles. The molecule has 0 saturated heterocycles. The summed E-state index contributed by atoms with van der Waals surface area (Å²) >= 11 is 0. The van der Waals surface area contributed by atoms with Crippen molar-refractivity contribution in [3.63, 3.8) is 0 Å². The first kappa shape index (κ1) is 28.1. The molecule has 2 radical (unpaired) electrons.